The Hall–Kier alpha value is -2.25. The Kier molecular flexibility index (Phi) is 3.46. The van der Waals surface area contributed by atoms with E-state index in [1.807, 2.05) is 0 Å². The van der Waals surface area contributed by atoms with Crippen LogP contribution in [-0.2, 0) is 9.53 Å². The summed E-state index contributed by atoms with van der Waals surface area (Å²) in [5.74, 6) is -0.0790. The Balaban J connectivity index is 1.68. The Bertz CT molecular complexity index is 563. The second kappa shape index (κ2) is 5.19. The van der Waals surface area contributed by atoms with E-state index < -0.39 is 5.60 Å². The van der Waals surface area contributed by atoms with Gasteiger partial charge in [0.25, 0.3) is 5.91 Å². The molecule has 0 aromatic rings. The Morgan fingerprint density at radius 1 is 1.32 bits per heavy atom. The van der Waals surface area contributed by atoms with Crippen molar-refractivity contribution in [2.45, 2.75) is 38.3 Å². The van der Waals surface area contributed by atoms with Crippen LogP contribution in [0.15, 0.2) is 11.3 Å². The fourth-order valence-electron chi connectivity index (χ4n) is 3.28. The Morgan fingerprint density at radius 3 is 2.55 bits per heavy atom. The van der Waals surface area contributed by atoms with Crippen LogP contribution in [0.1, 0.15) is 26.7 Å². The predicted octanol–water partition coefficient (Wildman–Crippen LogP) is 0.0627. The zero-order valence-corrected chi connectivity index (χ0v) is 12.7. The number of hydrogen-bond acceptors (Lipinski definition) is 4. The number of allylic oxidation sites excluding steroid dienone is 1. The highest BCUT2D eigenvalue weighted by Crippen LogP contribution is 2.30. The number of rotatable bonds is 1. The largest absolute Gasteiger partial charge is 0.441 e. The van der Waals surface area contributed by atoms with Crippen molar-refractivity contribution in [3.8, 4) is 0 Å². The number of nitrogens with zero attached hydrogens (tertiary/aromatic N) is 1. The standard InChI is InChI=1S/C14H20N4O4/c1-8-10(9(2)17-12(20)16-8)11(19)18-5-3-14(4-6-18)7-15-13(21)22-14/h8H,3-7H2,1-2H3,(H,15,21)(H2,16,17,20). The number of nitrogens with one attached hydrogen (secondary N) is 3. The van der Waals surface area contributed by atoms with Crippen molar-refractivity contribution in [1.82, 2.24) is 20.9 Å². The fourth-order valence-corrected chi connectivity index (χ4v) is 3.28. The number of ether oxygens (including phenoxy) is 1. The van der Waals surface area contributed by atoms with Gasteiger partial charge in [0.1, 0.15) is 5.60 Å². The second-order valence-electron chi connectivity index (χ2n) is 6.08. The van der Waals surface area contributed by atoms with Gasteiger partial charge in [-0.05, 0) is 13.8 Å². The van der Waals surface area contributed by atoms with E-state index in [1.54, 1.807) is 18.7 Å². The van der Waals surface area contributed by atoms with Gasteiger partial charge < -0.3 is 25.6 Å². The van der Waals surface area contributed by atoms with Crippen LogP contribution in [-0.4, -0.2) is 54.2 Å². The highest BCUT2D eigenvalue weighted by atomic mass is 16.6. The Labute approximate surface area is 128 Å². The first-order valence-electron chi connectivity index (χ1n) is 7.45. The molecule has 0 radical (unpaired) electrons. The number of hydrogen-bond donors (Lipinski definition) is 3. The summed E-state index contributed by atoms with van der Waals surface area (Å²) in [7, 11) is 0. The highest BCUT2D eigenvalue weighted by Gasteiger charge is 2.44. The van der Waals surface area contributed by atoms with Crippen molar-refractivity contribution in [2.75, 3.05) is 19.6 Å². The summed E-state index contributed by atoms with van der Waals surface area (Å²) in [5, 5.41) is 8.01. The quantitative estimate of drug-likeness (QED) is 0.638. The van der Waals surface area contributed by atoms with Gasteiger partial charge in [0.05, 0.1) is 18.2 Å². The smallest absolute Gasteiger partial charge is 0.407 e. The van der Waals surface area contributed by atoms with Gasteiger partial charge in [-0.1, -0.05) is 0 Å². The van der Waals surface area contributed by atoms with Gasteiger partial charge in [0, 0.05) is 31.6 Å². The molecule has 0 aliphatic carbocycles. The van der Waals surface area contributed by atoms with E-state index in [-0.39, 0.29) is 24.1 Å². The first-order valence-corrected chi connectivity index (χ1v) is 7.45. The molecule has 0 aromatic heterocycles. The van der Waals surface area contributed by atoms with Crippen LogP contribution < -0.4 is 16.0 Å². The summed E-state index contributed by atoms with van der Waals surface area (Å²) in [6, 6.07) is -0.605. The second-order valence-corrected chi connectivity index (χ2v) is 6.08. The van der Waals surface area contributed by atoms with E-state index in [0.717, 1.165) is 0 Å². The Morgan fingerprint density at radius 2 is 2.00 bits per heavy atom. The predicted molar refractivity (Wildman–Crippen MR) is 76.9 cm³/mol. The van der Waals surface area contributed by atoms with Crippen LogP contribution in [0.25, 0.3) is 0 Å². The lowest BCUT2D eigenvalue weighted by atomic mass is 9.90. The SMILES string of the molecule is CC1=C(C(=O)N2CCC3(CC2)CNC(=O)O3)C(C)NC(=O)N1. The lowest BCUT2D eigenvalue weighted by molar-refractivity contribution is -0.130. The minimum absolute atomic E-state index is 0.0790. The molecule has 1 spiro atoms. The van der Waals surface area contributed by atoms with E-state index in [4.69, 9.17) is 4.74 Å². The number of carbonyl (C=O) groups is 3. The summed E-state index contributed by atoms with van der Waals surface area (Å²) in [5.41, 5.74) is 0.703. The summed E-state index contributed by atoms with van der Waals surface area (Å²) < 4.78 is 5.35. The van der Waals surface area contributed by atoms with Gasteiger partial charge in [-0.3, -0.25) is 4.79 Å². The van der Waals surface area contributed by atoms with Gasteiger partial charge in [-0.25, -0.2) is 9.59 Å². The molecule has 1 atom stereocenters. The molecule has 8 nitrogen and oxygen atoms in total. The molecular formula is C14H20N4O4. The van der Waals surface area contributed by atoms with Crippen molar-refractivity contribution in [3.63, 3.8) is 0 Å². The molecule has 2 fully saturated rings. The number of urea groups is 1. The maximum atomic E-state index is 12.7. The highest BCUT2D eigenvalue weighted by molar-refractivity contribution is 5.98. The molecule has 1 unspecified atom stereocenters. The van der Waals surface area contributed by atoms with Crippen LogP contribution >= 0.6 is 0 Å². The molecule has 3 aliphatic rings. The molecule has 120 valence electrons. The minimum atomic E-state index is -0.470. The van der Waals surface area contributed by atoms with E-state index in [9.17, 15) is 14.4 Å². The molecule has 8 heteroatoms. The average Bonchev–Trinajstić information content (AvgIpc) is 2.79. The number of amides is 4. The lowest BCUT2D eigenvalue weighted by Gasteiger charge is -2.38. The molecule has 0 saturated carbocycles. The van der Waals surface area contributed by atoms with Gasteiger partial charge in [0.15, 0.2) is 0 Å². The third-order valence-electron chi connectivity index (χ3n) is 4.54. The molecule has 0 aromatic carbocycles. The lowest BCUT2D eigenvalue weighted by Crippen LogP contribution is -2.53. The third-order valence-corrected chi connectivity index (χ3v) is 4.54. The number of likely N-dealkylation sites (tertiary alicyclic amines) is 1. The number of carbonyl (C=O) groups excluding carboxylic acids is 3. The van der Waals surface area contributed by atoms with Crippen molar-refractivity contribution in [1.29, 1.82) is 0 Å². The van der Waals surface area contributed by atoms with Crippen LogP contribution in [0, 0.1) is 0 Å². The first-order chi connectivity index (χ1) is 10.4. The molecule has 3 rings (SSSR count). The van der Waals surface area contributed by atoms with Gasteiger partial charge in [0.2, 0.25) is 0 Å². The summed E-state index contributed by atoms with van der Waals surface area (Å²) in [6.07, 6.45) is 0.863. The number of alkyl carbamates (subject to hydrolysis) is 1. The molecule has 4 amide bonds. The van der Waals surface area contributed by atoms with Gasteiger partial charge >= 0.3 is 12.1 Å². The van der Waals surface area contributed by atoms with Crippen LogP contribution in [0.2, 0.25) is 0 Å². The van der Waals surface area contributed by atoms with E-state index >= 15 is 0 Å². The molecule has 3 N–H and O–H groups in total. The summed E-state index contributed by atoms with van der Waals surface area (Å²) in [4.78, 5) is 37.1. The van der Waals surface area contributed by atoms with Crippen molar-refractivity contribution in [3.05, 3.63) is 11.3 Å². The van der Waals surface area contributed by atoms with Gasteiger partial charge in [-0.2, -0.15) is 0 Å². The van der Waals surface area contributed by atoms with Crippen molar-refractivity contribution in [2.24, 2.45) is 0 Å². The maximum absolute atomic E-state index is 12.7. The molecule has 2 saturated heterocycles. The fraction of sp³-hybridized carbons (Fsp3) is 0.643. The zero-order chi connectivity index (χ0) is 15.9. The zero-order valence-electron chi connectivity index (χ0n) is 12.7. The molecule has 0 bridgehead atoms. The summed E-state index contributed by atoms with van der Waals surface area (Å²) >= 11 is 0. The van der Waals surface area contributed by atoms with Crippen molar-refractivity contribution >= 4 is 18.0 Å². The third kappa shape index (κ3) is 2.49. The van der Waals surface area contributed by atoms with Gasteiger partial charge in [-0.15, -0.1) is 0 Å². The average molecular weight is 308 g/mol. The normalized spacial score (nSPS) is 27.2. The monoisotopic (exact) mass is 308 g/mol. The van der Waals surface area contributed by atoms with E-state index in [2.05, 4.69) is 16.0 Å². The molecule has 3 heterocycles. The molecular weight excluding hydrogens is 288 g/mol. The van der Waals surface area contributed by atoms with Crippen LogP contribution in [0.5, 0.6) is 0 Å². The van der Waals surface area contributed by atoms with E-state index in [1.165, 1.54) is 0 Å². The summed E-state index contributed by atoms with van der Waals surface area (Å²) in [6.45, 7) is 5.10. The maximum Gasteiger partial charge on any atom is 0.407 e. The number of piperidine rings is 1. The van der Waals surface area contributed by atoms with Crippen LogP contribution in [0.3, 0.4) is 0 Å². The minimum Gasteiger partial charge on any atom is -0.441 e. The topological polar surface area (TPSA) is 99.8 Å². The molecule has 3 aliphatic heterocycles. The first kappa shape index (κ1) is 14.7. The molecule has 22 heavy (non-hydrogen) atoms. The van der Waals surface area contributed by atoms with Crippen molar-refractivity contribution < 1.29 is 19.1 Å². The van der Waals surface area contributed by atoms with E-state index in [0.29, 0.717) is 43.7 Å². The van der Waals surface area contributed by atoms with Crippen LogP contribution in [0.4, 0.5) is 9.59 Å².